The molecule has 0 spiro atoms. The van der Waals surface area contributed by atoms with Gasteiger partial charge in [0, 0.05) is 5.92 Å². The predicted octanol–water partition coefficient (Wildman–Crippen LogP) is 1.52. The maximum absolute atomic E-state index is 5.43. The van der Waals surface area contributed by atoms with Crippen molar-refractivity contribution in [1.29, 1.82) is 0 Å². The van der Waals surface area contributed by atoms with Crippen LogP contribution in [0.25, 0.3) is 0 Å². The van der Waals surface area contributed by atoms with Gasteiger partial charge in [0.2, 0.25) is 5.89 Å². The molecular formula is C13H22N4O. The van der Waals surface area contributed by atoms with Crippen molar-refractivity contribution in [3.8, 4) is 0 Å². The Hall–Kier alpha value is -0.940. The normalized spacial score (nSPS) is 23.3. The van der Waals surface area contributed by atoms with E-state index in [1.54, 1.807) is 0 Å². The van der Waals surface area contributed by atoms with Crippen LogP contribution in [0, 0.1) is 0 Å². The van der Waals surface area contributed by atoms with Crippen LogP contribution in [0.3, 0.4) is 0 Å². The van der Waals surface area contributed by atoms with Crippen LogP contribution in [-0.4, -0.2) is 41.2 Å². The van der Waals surface area contributed by atoms with Gasteiger partial charge in [0.1, 0.15) is 0 Å². The van der Waals surface area contributed by atoms with Gasteiger partial charge in [-0.05, 0) is 51.9 Å². The zero-order valence-electron chi connectivity index (χ0n) is 10.9. The molecule has 0 radical (unpaired) electrons. The Bertz CT molecular complexity index is 367. The SMILES string of the molecule is C1CCN(Cc2noc(C3CCNCC3)n2)CC1. The van der Waals surface area contributed by atoms with Gasteiger partial charge in [-0.25, -0.2) is 0 Å². The van der Waals surface area contributed by atoms with E-state index >= 15 is 0 Å². The quantitative estimate of drug-likeness (QED) is 0.881. The van der Waals surface area contributed by atoms with Crippen LogP contribution in [-0.2, 0) is 6.54 Å². The van der Waals surface area contributed by atoms with Crippen molar-refractivity contribution >= 4 is 0 Å². The highest BCUT2D eigenvalue weighted by Gasteiger charge is 2.22. The summed E-state index contributed by atoms with van der Waals surface area (Å²) < 4.78 is 5.43. The average Bonchev–Trinajstić information content (AvgIpc) is 2.89. The largest absolute Gasteiger partial charge is 0.339 e. The molecule has 2 saturated heterocycles. The van der Waals surface area contributed by atoms with Crippen molar-refractivity contribution in [2.45, 2.75) is 44.6 Å². The summed E-state index contributed by atoms with van der Waals surface area (Å²) in [6.07, 6.45) is 6.21. The fourth-order valence-corrected chi connectivity index (χ4v) is 2.88. The molecule has 2 fully saturated rings. The summed E-state index contributed by atoms with van der Waals surface area (Å²) in [6, 6.07) is 0. The molecule has 0 atom stereocenters. The van der Waals surface area contributed by atoms with Crippen molar-refractivity contribution in [2.75, 3.05) is 26.2 Å². The number of hydrogen-bond acceptors (Lipinski definition) is 5. The lowest BCUT2D eigenvalue weighted by Gasteiger charge is -2.24. The first kappa shape index (κ1) is 12.1. The van der Waals surface area contributed by atoms with Crippen LogP contribution in [0.15, 0.2) is 4.52 Å². The minimum atomic E-state index is 0.467. The third kappa shape index (κ3) is 2.90. The minimum Gasteiger partial charge on any atom is -0.339 e. The van der Waals surface area contributed by atoms with Crippen molar-refractivity contribution in [3.05, 3.63) is 11.7 Å². The molecule has 0 saturated carbocycles. The zero-order chi connectivity index (χ0) is 12.2. The Morgan fingerprint density at radius 2 is 1.94 bits per heavy atom. The van der Waals surface area contributed by atoms with Gasteiger partial charge in [-0.3, -0.25) is 4.90 Å². The average molecular weight is 250 g/mol. The Morgan fingerprint density at radius 1 is 1.17 bits per heavy atom. The molecule has 2 aliphatic heterocycles. The Balaban J connectivity index is 1.58. The standard InChI is InChI=1S/C13H22N4O/c1-2-8-17(9-3-1)10-12-15-13(18-16-12)11-4-6-14-7-5-11/h11,14H,1-10H2. The van der Waals surface area contributed by atoms with Crippen LogP contribution in [0.2, 0.25) is 0 Å². The first-order valence-corrected chi connectivity index (χ1v) is 7.17. The molecule has 2 aliphatic rings. The summed E-state index contributed by atoms with van der Waals surface area (Å²) in [5, 5.41) is 7.50. The van der Waals surface area contributed by atoms with E-state index in [1.165, 1.54) is 32.4 Å². The third-order valence-electron chi connectivity index (χ3n) is 3.99. The van der Waals surface area contributed by atoms with Gasteiger partial charge in [-0.2, -0.15) is 4.98 Å². The summed E-state index contributed by atoms with van der Waals surface area (Å²) in [4.78, 5) is 7.01. The minimum absolute atomic E-state index is 0.467. The van der Waals surface area contributed by atoms with E-state index in [-0.39, 0.29) is 0 Å². The van der Waals surface area contributed by atoms with Gasteiger partial charge in [-0.1, -0.05) is 11.6 Å². The van der Waals surface area contributed by atoms with Crippen LogP contribution in [0.4, 0.5) is 0 Å². The van der Waals surface area contributed by atoms with E-state index in [0.717, 1.165) is 44.2 Å². The van der Waals surface area contributed by atoms with E-state index in [4.69, 9.17) is 4.52 Å². The number of nitrogens with one attached hydrogen (secondary N) is 1. The molecule has 5 heteroatoms. The maximum atomic E-state index is 5.43. The molecule has 100 valence electrons. The lowest BCUT2D eigenvalue weighted by Crippen LogP contribution is -2.29. The highest BCUT2D eigenvalue weighted by molar-refractivity contribution is 4.96. The van der Waals surface area contributed by atoms with E-state index in [1.807, 2.05) is 0 Å². The Morgan fingerprint density at radius 3 is 2.72 bits per heavy atom. The predicted molar refractivity (Wildman–Crippen MR) is 68.3 cm³/mol. The number of piperidine rings is 2. The Kier molecular flexibility index (Phi) is 3.90. The second-order valence-electron chi connectivity index (χ2n) is 5.41. The summed E-state index contributed by atoms with van der Waals surface area (Å²) in [6.45, 7) is 5.34. The van der Waals surface area contributed by atoms with Crippen molar-refractivity contribution in [3.63, 3.8) is 0 Å². The fraction of sp³-hybridized carbons (Fsp3) is 0.846. The molecule has 1 N–H and O–H groups in total. The lowest BCUT2D eigenvalue weighted by atomic mass is 9.98. The smallest absolute Gasteiger partial charge is 0.229 e. The molecule has 0 aromatic carbocycles. The molecule has 5 nitrogen and oxygen atoms in total. The fourth-order valence-electron chi connectivity index (χ4n) is 2.88. The monoisotopic (exact) mass is 250 g/mol. The summed E-state index contributed by atoms with van der Waals surface area (Å²) in [5.41, 5.74) is 0. The molecule has 0 unspecified atom stereocenters. The summed E-state index contributed by atoms with van der Waals surface area (Å²) in [5.74, 6) is 2.18. The van der Waals surface area contributed by atoms with E-state index in [2.05, 4.69) is 20.4 Å². The highest BCUT2D eigenvalue weighted by atomic mass is 16.5. The topological polar surface area (TPSA) is 54.2 Å². The zero-order valence-corrected chi connectivity index (χ0v) is 10.9. The maximum Gasteiger partial charge on any atom is 0.229 e. The Labute approximate surface area is 108 Å². The molecule has 1 aromatic heterocycles. The second kappa shape index (κ2) is 5.80. The van der Waals surface area contributed by atoms with Gasteiger partial charge >= 0.3 is 0 Å². The van der Waals surface area contributed by atoms with E-state index in [9.17, 15) is 0 Å². The first-order chi connectivity index (χ1) is 8.92. The van der Waals surface area contributed by atoms with Crippen LogP contribution in [0.1, 0.15) is 49.7 Å². The van der Waals surface area contributed by atoms with Crippen LogP contribution < -0.4 is 5.32 Å². The third-order valence-corrected chi connectivity index (χ3v) is 3.99. The molecule has 0 bridgehead atoms. The van der Waals surface area contributed by atoms with Gasteiger partial charge in [-0.15, -0.1) is 0 Å². The summed E-state index contributed by atoms with van der Waals surface area (Å²) >= 11 is 0. The van der Waals surface area contributed by atoms with Crippen molar-refractivity contribution in [1.82, 2.24) is 20.4 Å². The highest BCUT2D eigenvalue weighted by Crippen LogP contribution is 2.23. The van der Waals surface area contributed by atoms with Crippen LogP contribution in [0.5, 0.6) is 0 Å². The molecule has 0 aliphatic carbocycles. The van der Waals surface area contributed by atoms with Gasteiger partial charge in [0.25, 0.3) is 0 Å². The van der Waals surface area contributed by atoms with Crippen LogP contribution >= 0.6 is 0 Å². The number of aromatic nitrogens is 2. The molecule has 18 heavy (non-hydrogen) atoms. The molecule has 3 heterocycles. The van der Waals surface area contributed by atoms with Gasteiger partial charge < -0.3 is 9.84 Å². The van der Waals surface area contributed by atoms with Gasteiger partial charge in [0.05, 0.1) is 6.54 Å². The second-order valence-corrected chi connectivity index (χ2v) is 5.41. The van der Waals surface area contributed by atoms with Gasteiger partial charge in [0.15, 0.2) is 5.82 Å². The molecular weight excluding hydrogens is 228 g/mol. The summed E-state index contributed by atoms with van der Waals surface area (Å²) in [7, 11) is 0. The number of rotatable bonds is 3. The number of nitrogens with zero attached hydrogens (tertiary/aromatic N) is 3. The first-order valence-electron chi connectivity index (χ1n) is 7.17. The molecule has 1 aromatic rings. The van der Waals surface area contributed by atoms with Crippen molar-refractivity contribution in [2.24, 2.45) is 0 Å². The molecule has 0 amide bonds. The molecule has 3 rings (SSSR count). The van der Waals surface area contributed by atoms with Crippen molar-refractivity contribution < 1.29 is 4.52 Å². The van der Waals surface area contributed by atoms with E-state index in [0.29, 0.717) is 5.92 Å². The number of likely N-dealkylation sites (tertiary alicyclic amines) is 1. The lowest BCUT2D eigenvalue weighted by molar-refractivity contribution is 0.213. The van der Waals surface area contributed by atoms with E-state index < -0.39 is 0 Å². The number of hydrogen-bond donors (Lipinski definition) is 1.